The molecule has 94 valence electrons. The molecule has 0 saturated carbocycles. The highest BCUT2D eigenvalue weighted by Gasteiger charge is 2.23. The summed E-state index contributed by atoms with van der Waals surface area (Å²) in [4.78, 5) is 10.7. The zero-order valence-corrected chi connectivity index (χ0v) is 10.1. The monoisotopic (exact) mass is 237 g/mol. The van der Waals surface area contributed by atoms with Crippen LogP contribution >= 0.6 is 0 Å². The Labute approximate surface area is 101 Å². The first-order valence-electron chi connectivity index (χ1n) is 5.66. The maximum Gasteiger partial charge on any atom is 0.220 e. The van der Waals surface area contributed by atoms with Gasteiger partial charge in [-0.25, -0.2) is 0 Å². The lowest BCUT2D eigenvalue weighted by atomic mass is 9.91. The summed E-state index contributed by atoms with van der Waals surface area (Å²) >= 11 is 0. The molecule has 0 fully saturated rings. The molecule has 0 bridgehead atoms. The van der Waals surface area contributed by atoms with Gasteiger partial charge in [0.25, 0.3) is 0 Å². The van der Waals surface area contributed by atoms with E-state index in [2.05, 4.69) is 0 Å². The smallest absolute Gasteiger partial charge is 0.220 e. The highest BCUT2D eigenvalue weighted by Crippen LogP contribution is 2.27. The van der Waals surface area contributed by atoms with E-state index in [1.54, 1.807) is 12.1 Å². The Morgan fingerprint density at radius 3 is 2.24 bits per heavy atom. The zero-order valence-electron chi connectivity index (χ0n) is 10.1. The molecule has 4 N–H and O–H groups in total. The van der Waals surface area contributed by atoms with Gasteiger partial charge in [0, 0.05) is 0 Å². The van der Waals surface area contributed by atoms with Gasteiger partial charge in [0.1, 0.15) is 6.10 Å². The van der Waals surface area contributed by atoms with Gasteiger partial charge in [0.05, 0.1) is 12.5 Å². The van der Waals surface area contributed by atoms with Gasteiger partial charge >= 0.3 is 0 Å². The SMILES string of the molecule is CC(C)c1ccccc1C(O)C(O)CC(N)=O. The molecule has 4 heteroatoms. The first-order valence-corrected chi connectivity index (χ1v) is 5.66. The number of carbonyl (C=O) groups is 1. The highest BCUT2D eigenvalue weighted by atomic mass is 16.3. The summed E-state index contributed by atoms with van der Waals surface area (Å²) < 4.78 is 0. The summed E-state index contributed by atoms with van der Waals surface area (Å²) in [6.07, 6.45) is -2.48. The predicted octanol–water partition coefficient (Wildman–Crippen LogP) is 1.08. The van der Waals surface area contributed by atoms with Crippen molar-refractivity contribution < 1.29 is 15.0 Å². The first kappa shape index (κ1) is 13.7. The van der Waals surface area contributed by atoms with Gasteiger partial charge in [0.15, 0.2) is 0 Å². The molecule has 0 radical (unpaired) electrons. The van der Waals surface area contributed by atoms with Crippen molar-refractivity contribution in [1.82, 2.24) is 0 Å². The lowest BCUT2D eigenvalue weighted by Crippen LogP contribution is -2.26. The molecule has 2 atom stereocenters. The van der Waals surface area contributed by atoms with Crippen molar-refractivity contribution in [2.75, 3.05) is 0 Å². The van der Waals surface area contributed by atoms with E-state index in [9.17, 15) is 15.0 Å². The lowest BCUT2D eigenvalue weighted by molar-refractivity contribution is -0.121. The summed E-state index contributed by atoms with van der Waals surface area (Å²) in [6, 6.07) is 7.33. The molecule has 0 aliphatic heterocycles. The van der Waals surface area contributed by atoms with Crippen LogP contribution in [0.15, 0.2) is 24.3 Å². The first-order chi connectivity index (χ1) is 7.93. The van der Waals surface area contributed by atoms with Gasteiger partial charge in [-0.3, -0.25) is 4.79 Å². The number of nitrogens with two attached hydrogens (primary N) is 1. The summed E-state index contributed by atoms with van der Waals surface area (Å²) in [7, 11) is 0. The van der Waals surface area contributed by atoms with Gasteiger partial charge in [-0.1, -0.05) is 38.1 Å². The fraction of sp³-hybridized carbons (Fsp3) is 0.462. The van der Waals surface area contributed by atoms with Crippen molar-refractivity contribution in [1.29, 1.82) is 0 Å². The molecule has 1 rings (SSSR count). The number of carbonyl (C=O) groups excluding carboxylic acids is 1. The number of aliphatic hydroxyl groups excluding tert-OH is 2. The Balaban J connectivity index is 2.95. The minimum Gasteiger partial charge on any atom is -0.390 e. The van der Waals surface area contributed by atoms with E-state index in [0.717, 1.165) is 5.56 Å². The summed E-state index contributed by atoms with van der Waals surface area (Å²) in [5, 5.41) is 19.7. The van der Waals surface area contributed by atoms with Crippen LogP contribution < -0.4 is 5.73 Å². The van der Waals surface area contributed by atoms with Crippen molar-refractivity contribution >= 4 is 5.91 Å². The molecule has 4 nitrogen and oxygen atoms in total. The van der Waals surface area contributed by atoms with Gasteiger partial charge < -0.3 is 15.9 Å². The topological polar surface area (TPSA) is 83.6 Å². The molecule has 0 saturated heterocycles. The van der Waals surface area contributed by atoms with Gasteiger partial charge in [-0.15, -0.1) is 0 Å². The van der Waals surface area contributed by atoms with E-state index in [0.29, 0.717) is 5.56 Å². The lowest BCUT2D eigenvalue weighted by Gasteiger charge is -2.21. The Morgan fingerprint density at radius 2 is 1.76 bits per heavy atom. The fourth-order valence-electron chi connectivity index (χ4n) is 1.83. The molecule has 0 spiro atoms. The molecular formula is C13H19NO3. The Bertz CT molecular complexity index is 390. The number of hydrogen-bond acceptors (Lipinski definition) is 3. The van der Waals surface area contributed by atoms with E-state index >= 15 is 0 Å². The number of benzene rings is 1. The molecule has 0 aromatic heterocycles. The van der Waals surface area contributed by atoms with Crippen molar-refractivity contribution in [2.45, 2.75) is 38.4 Å². The molecule has 2 unspecified atom stereocenters. The third-order valence-corrected chi connectivity index (χ3v) is 2.71. The average molecular weight is 237 g/mol. The Kier molecular flexibility index (Phi) is 4.66. The molecule has 1 amide bonds. The van der Waals surface area contributed by atoms with Crippen LogP contribution in [-0.2, 0) is 4.79 Å². The number of aliphatic hydroxyl groups is 2. The van der Waals surface area contributed by atoms with E-state index in [-0.39, 0.29) is 12.3 Å². The number of primary amides is 1. The second-order valence-corrected chi connectivity index (χ2v) is 4.47. The zero-order chi connectivity index (χ0) is 13.0. The van der Waals surface area contributed by atoms with E-state index in [4.69, 9.17) is 5.73 Å². The van der Waals surface area contributed by atoms with Crippen molar-refractivity contribution in [3.05, 3.63) is 35.4 Å². The van der Waals surface area contributed by atoms with Crippen molar-refractivity contribution in [3.63, 3.8) is 0 Å². The fourth-order valence-corrected chi connectivity index (χ4v) is 1.83. The van der Waals surface area contributed by atoms with Gasteiger partial charge in [-0.05, 0) is 17.0 Å². The molecule has 1 aromatic rings. The van der Waals surface area contributed by atoms with Crippen LogP contribution in [0, 0.1) is 0 Å². The second-order valence-electron chi connectivity index (χ2n) is 4.47. The van der Waals surface area contributed by atoms with Gasteiger partial charge in [-0.2, -0.15) is 0 Å². The molecule has 0 heterocycles. The highest BCUT2D eigenvalue weighted by molar-refractivity contribution is 5.74. The third kappa shape index (κ3) is 3.54. The molecule has 1 aromatic carbocycles. The Morgan fingerprint density at radius 1 is 1.24 bits per heavy atom. The average Bonchev–Trinajstić information content (AvgIpc) is 2.27. The maximum atomic E-state index is 10.7. The third-order valence-electron chi connectivity index (χ3n) is 2.71. The second kappa shape index (κ2) is 5.80. The van der Waals surface area contributed by atoms with Crippen LogP contribution in [0.25, 0.3) is 0 Å². The van der Waals surface area contributed by atoms with Gasteiger partial charge in [0.2, 0.25) is 5.91 Å². The van der Waals surface area contributed by atoms with Crippen molar-refractivity contribution in [2.24, 2.45) is 5.73 Å². The summed E-state index contributed by atoms with van der Waals surface area (Å²) in [6.45, 7) is 4.01. The number of amides is 1. The van der Waals surface area contributed by atoms with Crippen LogP contribution in [0.1, 0.15) is 43.4 Å². The van der Waals surface area contributed by atoms with E-state index < -0.39 is 18.1 Å². The minimum atomic E-state index is -1.16. The minimum absolute atomic E-state index is 0.238. The predicted molar refractivity (Wildman–Crippen MR) is 65.3 cm³/mol. The van der Waals surface area contributed by atoms with Crippen molar-refractivity contribution in [3.8, 4) is 0 Å². The normalized spacial score (nSPS) is 14.6. The summed E-state index contributed by atoms with van der Waals surface area (Å²) in [5.74, 6) is -0.389. The van der Waals surface area contributed by atoms with Crippen LogP contribution in [0.5, 0.6) is 0 Å². The maximum absolute atomic E-state index is 10.7. The molecule has 0 aliphatic rings. The number of hydrogen-bond donors (Lipinski definition) is 3. The Hall–Kier alpha value is -1.39. The summed E-state index contributed by atoms with van der Waals surface area (Å²) in [5.41, 5.74) is 6.61. The molecule has 0 aliphatic carbocycles. The number of rotatable bonds is 5. The van der Waals surface area contributed by atoms with E-state index in [1.165, 1.54) is 0 Å². The van der Waals surface area contributed by atoms with E-state index in [1.807, 2.05) is 26.0 Å². The van der Waals surface area contributed by atoms with Crippen LogP contribution in [0.4, 0.5) is 0 Å². The molecular weight excluding hydrogens is 218 g/mol. The van der Waals surface area contributed by atoms with Crippen LogP contribution in [0.2, 0.25) is 0 Å². The van der Waals surface area contributed by atoms with Crippen LogP contribution in [0.3, 0.4) is 0 Å². The van der Waals surface area contributed by atoms with Crippen LogP contribution in [-0.4, -0.2) is 22.2 Å². The standard InChI is InChI=1S/C13H19NO3/c1-8(2)9-5-3-4-6-10(9)13(17)11(15)7-12(14)16/h3-6,8,11,13,15,17H,7H2,1-2H3,(H2,14,16). The largest absolute Gasteiger partial charge is 0.390 e. The quantitative estimate of drug-likeness (QED) is 0.716. The molecule has 17 heavy (non-hydrogen) atoms.